The number of methoxy groups -OCH3 is 1. The molecule has 0 aliphatic heterocycles. The summed E-state index contributed by atoms with van der Waals surface area (Å²) < 4.78 is 5.60. The van der Waals surface area contributed by atoms with Gasteiger partial charge in [0.15, 0.2) is 11.5 Å². The van der Waals surface area contributed by atoms with Gasteiger partial charge in [-0.25, -0.2) is 4.98 Å². The van der Waals surface area contributed by atoms with Crippen LogP contribution in [0.2, 0.25) is 0 Å². The minimum absolute atomic E-state index is 0.0354. The molecule has 1 N–H and O–H groups in total. The number of ether oxygens (including phenoxy) is 1. The zero-order chi connectivity index (χ0) is 14.7. The Morgan fingerprint density at radius 2 is 2.30 bits per heavy atom. The van der Waals surface area contributed by atoms with Gasteiger partial charge in [-0.15, -0.1) is 11.3 Å². The summed E-state index contributed by atoms with van der Waals surface area (Å²) in [5.41, 5.74) is 2.11. The van der Waals surface area contributed by atoms with E-state index in [1.807, 2.05) is 12.3 Å². The van der Waals surface area contributed by atoms with Crippen molar-refractivity contribution in [2.75, 3.05) is 7.11 Å². The van der Waals surface area contributed by atoms with E-state index < -0.39 is 0 Å². The highest BCUT2D eigenvalue weighted by molar-refractivity contribution is 9.10. The van der Waals surface area contributed by atoms with E-state index in [9.17, 15) is 10.4 Å². The zero-order valence-corrected chi connectivity index (χ0v) is 13.2. The fourth-order valence-corrected chi connectivity index (χ4v) is 2.84. The first-order valence-electron chi connectivity index (χ1n) is 5.66. The highest BCUT2D eigenvalue weighted by Gasteiger charge is 2.10. The van der Waals surface area contributed by atoms with Gasteiger partial charge in [-0.1, -0.05) is 0 Å². The van der Waals surface area contributed by atoms with Crippen LogP contribution in [0.1, 0.15) is 16.3 Å². The Morgan fingerprint density at radius 1 is 1.55 bits per heavy atom. The lowest BCUT2D eigenvalue weighted by Crippen LogP contribution is -1.87. The Kier molecular flexibility index (Phi) is 4.42. The number of thiazole rings is 1. The second kappa shape index (κ2) is 6.07. The summed E-state index contributed by atoms with van der Waals surface area (Å²) in [6, 6.07) is 5.52. The maximum absolute atomic E-state index is 9.77. The number of rotatable bonds is 3. The summed E-state index contributed by atoms with van der Waals surface area (Å²) in [7, 11) is 1.48. The van der Waals surface area contributed by atoms with Gasteiger partial charge in [-0.2, -0.15) is 5.26 Å². The third-order valence-corrected chi connectivity index (χ3v) is 4.15. The van der Waals surface area contributed by atoms with E-state index in [1.54, 1.807) is 18.2 Å². The van der Waals surface area contributed by atoms with Crippen molar-refractivity contribution in [3.8, 4) is 17.6 Å². The van der Waals surface area contributed by atoms with E-state index >= 15 is 0 Å². The van der Waals surface area contributed by atoms with Gasteiger partial charge in [0.1, 0.15) is 11.1 Å². The van der Waals surface area contributed by atoms with E-state index in [0.717, 1.165) is 11.3 Å². The Bertz CT molecular complexity index is 716. The Hall–Kier alpha value is -1.84. The third kappa shape index (κ3) is 3.00. The first kappa shape index (κ1) is 14.6. The van der Waals surface area contributed by atoms with Crippen molar-refractivity contribution < 1.29 is 9.84 Å². The van der Waals surface area contributed by atoms with Crippen LogP contribution in [0.15, 0.2) is 22.0 Å². The molecule has 0 aliphatic rings. The Balaban J connectivity index is 2.48. The molecule has 20 heavy (non-hydrogen) atoms. The maximum atomic E-state index is 9.77. The normalized spacial score (nSPS) is 11.2. The van der Waals surface area contributed by atoms with Crippen LogP contribution in [-0.4, -0.2) is 17.2 Å². The lowest BCUT2D eigenvalue weighted by Gasteiger charge is -2.06. The summed E-state index contributed by atoms with van der Waals surface area (Å²) in [6.45, 7) is 1.88. The smallest absolute Gasteiger partial charge is 0.172 e. The molecule has 0 atom stereocenters. The molecular weight excluding hydrogens is 340 g/mol. The minimum atomic E-state index is 0.0354. The maximum Gasteiger partial charge on any atom is 0.172 e. The van der Waals surface area contributed by atoms with Crippen molar-refractivity contribution >= 4 is 38.9 Å². The summed E-state index contributed by atoms with van der Waals surface area (Å²) in [5.74, 6) is 0.381. The molecule has 0 bridgehead atoms. The molecule has 0 radical (unpaired) electrons. The minimum Gasteiger partial charge on any atom is -0.503 e. The lowest BCUT2D eigenvalue weighted by molar-refractivity contribution is 0.372. The quantitative estimate of drug-likeness (QED) is 0.849. The van der Waals surface area contributed by atoms with Crippen LogP contribution in [0.25, 0.3) is 11.6 Å². The zero-order valence-electron chi connectivity index (χ0n) is 10.8. The lowest BCUT2D eigenvalue weighted by atomic mass is 10.1. The van der Waals surface area contributed by atoms with E-state index in [2.05, 4.69) is 27.0 Å². The summed E-state index contributed by atoms with van der Waals surface area (Å²) >= 11 is 4.68. The molecule has 2 rings (SSSR count). The van der Waals surface area contributed by atoms with Crippen LogP contribution in [0, 0.1) is 18.3 Å². The van der Waals surface area contributed by atoms with Crippen LogP contribution < -0.4 is 4.74 Å². The number of nitriles is 1. The van der Waals surface area contributed by atoms with Crippen molar-refractivity contribution in [3.63, 3.8) is 0 Å². The number of hydrogen-bond acceptors (Lipinski definition) is 5. The number of phenols is 1. The molecule has 6 heteroatoms. The molecule has 1 heterocycles. The molecular formula is C14H11BrN2O2S. The van der Waals surface area contributed by atoms with Gasteiger partial charge >= 0.3 is 0 Å². The molecule has 0 amide bonds. The molecule has 4 nitrogen and oxygen atoms in total. The van der Waals surface area contributed by atoms with Crippen LogP contribution in [0.5, 0.6) is 11.5 Å². The van der Waals surface area contributed by atoms with Gasteiger partial charge in [0, 0.05) is 11.1 Å². The summed E-state index contributed by atoms with van der Waals surface area (Å²) in [5, 5.41) is 21.6. The third-order valence-electron chi connectivity index (χ3n) is 2.55. The topological polar surface area (TPSA) is 66.1 Å². The van der Waals surface area contributed by atoms with Gasteiger partial charge in [-0.3, -0.25) is 0 Å². The average Bonchev–Trinajstić information content (AvgIpc) is 2.86. The summed E-state index contributed by atoms with van der Waals surface area (Å²) in [4.78, 5) is 4.30. The van der Waals surface area contributed by atoms with Crippen LogP contribution in [0.4, 0.5) is 0 Å². The van der Waals surface area contributed by atoms with Crippen molar-refractivity contribution in [1.29, 1.82) is 5.26 Å². The Labute approximate surface area is 129 Å². The Morgan fingerprint density at radius 3 is 2.85 bits per heavy atom. The standard InChI is InChI=1S/C14H11BrN2O2S/c1-8-7-20-14(17-8)10(6-16)3-9-4-11(15)13(18)12(5-9)19-2/h3-5,7,18H,1-2H3/b10-3+. The number of aryl methyl sites for hydroxylation is 1. The molecule has 102 valence electrons. The fourth-order valence-electron chi connectivity index (χ4n) is 1.62. The number of aromatic hydroxyl groups is 1. The van der Waals surface area contributed by atoms with Crippen LogP contribution in [0.3, 0.4) is 0 Å². The largest absolute Gasteiger partial charge is 0.503 e. The number of aromatic nitrogens is 1. The predicted octanol–water partition coefficient (Wildman–Crippen LogP) is 3.99. The second-order valence-corrected chi connectivity index (χ2v) is 5.73. The molecule has 0 saturated carbocycles. The number of nitrogens with zero attached hydrogens (tertiary/aromatic N) is 2. The highest BCUT2D eigenvalue weighted by Crippen LogP contribution is 2.36. The number of benzene rings is 1. The van der Waals surface area contributed by atoms with Crippen molar-refractivity contribution in [2.45, 2.75) is 6.92 Å². The monoisotopic (exact) mass is 350 g/mol. The molecule has 1 aromatic carbocycles. The number of halogens is 1. The molecule has 0 fully saturated rings. The molecule has 2 aromatic rings. The number of allylic oxidation sites excluding steroid dienone is 1. The molecule has 0 aliphatic carbocycles. The van der Waals surface area contributed by atoms with E-state index in [4.69, 9.17) is 4.74 Å². The first-order chi connectivity index (χ1) is 9.55. The molecule has 0 spiro atoms. The van der Waals surface area contributed by atoms with Crippen molar-refractivity contribution in [3.05, 3.63) is 38.3 Å². The van der Waals surface area contributed by atoms with Gasteiger partial charge in [-0.05, 0) is 46.6 Å². The van der Waals surface area contributed by atoms with E-state index in [0.29, 0.717) is 20.8 Å². The average molecular weight is 351 g/mol. The van der Waals surface area contributed by atoms with Crippen molar-refractivity contribution in [2.24, 2.45) is 0 Å². The molecule has 1 aromatic heterocycles. The highest BCUT2D eigenvalue weighted by atomic mass is 79.9. The first-order valence-corrected chi connectivity index (χ1v) is 7.33. The molecule has 0 saturated heterocycles. The number of phenolic OH excluding ortho intramolecular Hbond substituents is 1. The fraction of sp³-hybridized carbons (Fsp3) is 0.143. The second-order valence-electron chi connectivity index (χ2n) is 4.02. The van der Waals surface area contributed by atoms with E-state index in [1.165, 1.54) is 18.4 Å². The van der Waals surface area contributed by atoms with Gasteiger partial charge < -0.3 is 9.84 Å². The summed E-state index contributed by atoms with van der Waals surface area (Å²) in [6.07, 6.45) is 1.71. The van der Waals surface area contributed by atoms with E-state index in [-0.39, 0.29) is 5.75 Å². The van der Waals surface area contributed by atoms with Crippen molar-refractivity contribution in [1.82, 2.24) is 4.98 Å². The number of hydrogen-bond donors (Lipinski definition) is 1. The SMILES string of the molecule is COc1cc(/C=C(\C#N)c2nc(C)cs2)cc(Br)c1O. The van der Waals surface area contributed by atoms with Gasteiger partial charge in [0.2, 0.25) is 0 Å². The van der Waals surface area contributed by atoms with Crippen LogP contribution in [-0.2, 0) is 0 Å². The van der Waals surface area contributed by atoms with Crippen LogP contribution >= 0.6 is 27.3 Å². The van der Waals surface area contributed by atoms with Gasteiger partial charge in [0.05, 0.1) is 17.2 Å². The van der Waals surface area contributed by atoms with Gasteiger partial charge in [0.25, 0.3) is 0 Å². The molecule has 0 unspecified atom stereocenters. The predicted molar refractivity (Wildman–Crippen MR) is 82.7 cm³/mol.